The summed E-state index contributed by atoms with van der Waals surface area (Å²) in [5.74, 6) is 2.04. The SMILES string of the molecule is Cc1ccc(C2NC(=O)C23CCC3)o1. The maximum absolute atomic E-state index is 11.5. The fourth-order valence-electron chi connectivity index (χ4n) is 2.49. The van der Waals surface area contributed by atoms with Gasteiger partial charge in [0.15, 0.2) is 0 Å². The summed E-state index contributed by atoms with van der Waals surface area (Å²) >= 11 is 0. The molecule has 1 unspecified atom stereocenters. The fourth-order valence-corrected chi connectivity index (χ4v) is 2.49. The summed E-state index contributed by atoms with van der Waals surface area (Å²) in [6, 6.07) is 4.06. The Bertz CT molecular complexity index is 390. The van der Waals surface area contributed by atoms with Crippen molar-refractivity contribution >= 4 is 5.91 Å². The molecule has 3 heteroatoms. The second kappa shape index (κ2) is 2.41. The van der Waals surface area contributed by atoms with Crippen molar-refractivity contribution < 1.29 is 9.21 Å². The Morgan fingerprint density at radius 1 is 1.50 bits per heavy atom. The molecule has 2 fully saturated rings. The van der Waals surface area contributed by atoms with E-state index in [1.165, 1.54) is 6.42 Å². The van der Waals surface area contributed by atoms with Crippen LogP contribution in [0.1, 0.15) is 36.8 Å². The quantitative estimate of drug-likeness (QED) is 0.689. The lowest BCUT2D eigenvalue weighted by atomic mass is 9.58. The molecule has 1 aliphatic carbocycles. The summed E-state index contributed by atoms with van der Waals surface area (Å²) in [4.78, 5) is 11.5. The van der Waals surface area contributed by atoms with Crippen LogP contribution in [0.5, 0.6) is 0 Å². The highest BCUT2D eigenvalue weighted by Crippen LogP contribution is 2.56. The Morgan fingerprint density at radius 2 is 2.29 bits per heavy atom. The molecule has 1 amide bonds. The third kappa shape index (κ3) is 0.800. The molecule has 1 aliphatic heterocycles. The summed E-state index contributed by atoms with van der Waals surface area (Å²) in [6.07, 6.45) is 3.20. The Labute approximate surface area is 82.5 Å². The van der Waals surface area contributed by atoms with Crippen molar-refractivity contribution in [2.75, 3.05) is 0 Å². The molecule has 2 heterocycles. The molecule has 1 aromatic heterocycles. The van der Waals surface area contributed by atoms with Crippen molar-refractivity contribution in [1.82, 2.24) is 5.32 Å². The second-order valence-corrected chi connectivity index (χ2v) is 4.36. The van der Waals surface area contributed by atoms with E-state index in [4.69, 9.17) is 4.42 Å². The number of aryl methyl sites for hydroxylation is 1. The van der Waals surface area contributed by atoms with Gasteiger partial charge in [0.05, 0.1) is 5.41 Å². The van der Waals surface area contributed by atoms with Crippen molar-refractivity contribution in [3.05, 3.63) is 23.7 Å². The normalized spacial score (nSPS) is 28.1. The number of furan rings is 1. The standard InChI is InChI=1S/C11H13NO2/c1-7-3-4-8(14-7)9-11(5-2-6-11)10(13)12-9/h3-4,9H,2,5-6H2,1H3,(H,12,13). The number of nitrogens with one attached hydrogen (secondary N) is 1. The third-order valence-electron chi connectivity index (χ3n) is 3.57. The molecule has 1 N–H and O–H groups in total. The number of amides is 1. The van der Waals surface area contributed by atoms with Gasteiger partial charge in [0.1, 0.15) is 17.6 Å². The van der Waals surface area contributed by atoms with E-state index < -0.39 is 0 Å². The molecule has 0 aromatic carbocycles. The summed E-state index contributed by atoms with van der Waals surface area (Å²) in [6.45, 7) is 1.93. The Hall–Kier alpha value is -1.25. The van der Waals surface area contributed by atoms with Crippen LogP contribution < -0.4 is 5.32 Å². The number of carbonyl (C=O) groups is 1. The lowest BCUT2D eigenvalue weighted by Gasteiger charge is -2.53. The minimum absolute atomic E-state index is 0.107. The number of hydrogen-bond acceptors (Lipinski definition) is 2. The highest BCUT2D eigenvalue weighted by atomic mass is 16.3. The Balaban J connectivity index is 1.91. The van der Waals surface area contributed by atoms with Gasteiger partial charge in [0.25, 0.3) is 0 Å². The zero-order valence-electron chi connectivity index (χ0n) is 8.17. The number of β-lactam (4-membered cyclic amide) rings is 1. The van der Waals surface area contributed by atoms with Gasteiger partial charge in [0, 0.05) is 0 Å². The molecule has 0 bridgehead atoms. The third-order valence-corrected chi connectivity index (χ3v) is 3.57. The van der Waals surface area contributed by atoms with Gasteiger partial charge in [-0.2, -0.15) is 0 Å². The molecule has 2 aliphatic rings. The van der Waals surface area contributed by atoms with Crippen LogP contribution in [0.25, 0.3) is 0 Å². The molecule has 1 atom stereocenters. The van der Waals surface area contributed by atoms with E-state index in [0.717, 1.165) is 24.4 Å². The van der Waals surface area contributed by atoms with Crippen LogP contribution in [0.4, 0.5) is 0 Å². The van der Waals surface area contributed by atoms with E-state index in [1.807, 2.05) is 19.1 Å². The van der Waals surface area contributed by atoms with Crippen LogP contribution in [-0.4, -0.2) is 5.91 Å². The molecule has 14 heavy (non-hydrogen) atoms. The van der Waals surface area contributed by atoms with E-state index in [2.05, 4.69) is 5.32 Å². The van der Waals surface area contributed by atoms with Gasteiger partial charge < -0.3 is 9.73 Å². The maximum atomic E-state index is 11.5. The molecule has 74 valence electrons. The van der Waals surface area contributed by atoms with Crippen molar-refractivity contribution in [1.29, 1.82) is 0 Å². The Kier molecular flexibility index (Phi) is 1.39. The van der Waals surface area contributed by atoms with E-state index in [1.54, 1.807) is 0 Å². The van der Waals surface area contributed by atoms with Crippen molar-refractivity contribution in [2.24, 2.45) is 5.41 Å². The van der Waals surface area contributed by atoms with Crippen LogP contribution >= 0.6 is 0 Å². The second-order valence-electron chi connectivity index (χ2n) is 4.36. The topological polar surface area (TPSA) is 42.2 Å². The smallest absolute Gasteiger partial charge is 0.229 e. The molecule has 0 radical (unpaired) electrons. The lowest BCUT2D eigenvalue weighted by Crippen LogP contribution is -2.64. The largest absolute Gasteiger partial charge is 0.464 e. The number of carbonyl (C=O) groups excluding carboxylic acids is 1. The van der Waals surface area contributed by atoms with Crippen LogP contribution in [0.15, 0.2) is 16.5 Å². The van der Waals surface area contributed by atoms with Gasteiger partial charge in [-0.15, -0.1) is 0 Å². The van der Waals surface area contributed by atoms with Crippen molar-refractivity contribution in [3.8, 4) is 0 Å². The zero-order chi connectivity index (χ0) is 9.76. The minimum Gasteiger partial charge on any atom is -0.464 e. The maximum Gasteiger partial charge on any atom is 0.229 e. The molecule has 1 saturated carbocycles. The first-order valence-corrected chi connectivity index (χ1v) is 5.10. The number of hydrogen-bond donors (Lipinski definition) is 1. The average molecular weight is 191 g/mol. The van der Waals surface area contributed by atoms with E-state index in [0.29, 0.717) is 0 Å². The molecule has 1 aromatic rings. The van der Waals surface area contributed by atoms with Gasteiger partial charge in [-0.05, 0) is 31.9 Å². The lowest BCUT2D eigenvalue weighted by molar-refractivity contribution is -0.156. The molecule has 3 nitrogen and oxygen atoms in total. The average Bonchev–Trinajstić information content (AvgIpc) is 2.44. The summed E-state index contributed by atoms with van der Waals surface area (Å²) in [5, 5.41) is 2.93. The first-order chi connectivity index (χ1) is 6.72. The van der Waals surface area contributed by atoms with E-state index >= 15 is 0 Å². The monoisotopic (exact) mass is 191 g/mol. The van der Waals surface area contributed by atoms with E-state index in [-0.39, 0.29) is 17.4 Å². The summed E-state index contributed by atoms with van der Waals surface area (Å²) in [5.41, 5.74) is -0.107. The first kappa shape index (κ1) is 8.09. The summed E-state index contributed by atoms with van der Waals surface area (Å²) in [7, 11) is 0. The van der Waals surface area contributed by atoms with Crippen molar-refractivity contribution in [2.45, 2.75) is 32.2 Å². The predicted molar refractivity (Wildman–Crippen MR) is 50.6 cm³/mol. The predicted octanol–water partition coefficient (Wildman–Crippen LogP) is 1.93. The van der Waals surface area contributed by atoms with Gasteiger partial charge in [0.2, 0.25) is 5.91 Å². The van der Waals surface area contributed by atoms with Gasteiger partial charge in [-0.3, -0.25) is 4.79 Å². The molecule has 1 saturated heterocycles. The van der Waals surface area contributed by atoms with Crippen LogP contribution in [0.3, 0.4) is 0 Å². The first-order valence-electron chi connectivity index (χ1n) is 5.10. The van der Waals surface area contributed by atoms with Crippen LogP contribution in [-0.2, 0) is 4.79 Å². The van der Waals surface area contributed by atoms with E-state index in [9.17, 15) is 4.79 Å². The van der Waals surface area contributed by atoms with Crippen molar-refractivity contribution in [3.63, 3.8) is 0 Å². The molecular formula is C11H13NO2. The highest BCUT2D eigenvalue weighted by Gasteiger charge is 2.60. The zero-order valence-corrected chi connectivity index (χ0v) is 8.17. The highest BCUT2D eigenvalue weighted by molar-refractivity contribution is 5.91. The number of rotatable bonds is 1. The Morgan fingerprint density at radius 3 is 2.71 bits per heavy atom. The minimum atomic E-state index is -0.107. The molecular weight excluding hydrogens is 178 g/mol. The van der Waals surface area contributed by atoms with Gasteiger partial charge in [-0.25, -0.2) is 0 Å². The molecule has 3 rings (SSSR count). The summed E-state index contributed by atoms with van der Waals surface area (Å²) < 4.78 is 5.55. The fraction of sp³-hybridized carbons (Fsp3) is 0.545. The van der Waals surface area contributed by atoms with Crippen LogP contribution in [0.2, 0.25) is 0 Å². The van der Waals surface area contributed by atoms with Gasteiger partial charge in [-0.1, -0.05) is 6.42 Å². The molecule has 1 spiro atoms. The van der Waals surface area contributed by atoms with Crippen LogP contribution in [0, 0.1) is 12.3 Å². The van der Waals surface area contributed by atoms with Gasteiger partial charge >= 0.3 is 0 Å².